The summed E-state index contributed by atoms with van der Waals surface area (Å²) in [7, 11) is 3.85. The maximum Gasteiger partial charge on any atom is 0.303 e. The third kappa shape index (κ3) is 3.90. The van der Waals surface area contributed by atoms with Gasteiger partial charge in [-0.3, -0.25) is 24.1 Å². The topological polar surface area (TPSA) is 109 Å². The lowest BCUT2D eigenvalue weighted by molar-refractivity contribution is -0.620. The number of esters is 1. The summed E-state index contributed by atoms with van der Waals surface area (Å²) in [6, 6.07) is -0.326. The summed E-state index contributed by atoms with van der Waals surface area (Å²) >= 11 is 1.34. The molecule has 8 fully saturated rings. The van der Waals surface area contributed by atoms with Gasteiger partial charge in [0, 0.05) is 44.2 Å². The van der Waals surface area contributed by atoms with Crippen LogP contribution in [0.3, 0.4) is 0 Å². The average Bonchev–Trinajstić information content (AvgIpc) is 3.73. The molecule has 1 aliphatic heterocycles. The lowest BCUT2D eigenvalue weighted by Crippen LogP contribution is -3.14. The van der Waals surface area contributed by atoms with E-state index in [4.69, 9.17) is 9.72 Å². The summed E-state index contributed by atoms with van der Waals surface area (Å²) in [5.41, 5.74) is 1.02. The molecular weight excluding hydrogens is 588 g/mol. The molecular formula is C35H48N4O5S. The molecule has 7 aliphatic carbocycles. The number of aromatic nitrogens is 1. The van der Waals surface area contributed by atoms with Crippen molar-refractivity contribution in [1.82, 2.24) is 20.1 Å². The predicted molar refractivity (Wildman–Crippen MR) is 168 cm³/mol. The van der Waals surface area contributed by atoms with Gasteiger partial charge in [-0.2, -0.15) is 0 Å². The van der Waals surface area contributed by atoms with Crippen LogP contribution in [0.2, 0.25) is 0 Å². The van der Waals surface area contributed by atoms with Gasteiger partial charge in [0.1, 0.15) is 10.7 Å². The molecule has 9 rings (SSSR count). The van der Waals surface area contributed by atoms with Crippen LogP contribution >= 0.6 is 11.3 Å². The first-order valence-electron chi connectivity index (χ1n) is 17.4. The Morgan fingerprint density at radius 1 is 1.09 bits per heavy atom. The van der Waals surface area contributed by atoms with Crippen LogP contribution in [0.1, 0.15) is 94.2 Å². The van der Waals surface area contributed by atoms with Crippen molar-refractivity contribution in [2.24, 2.45) is 58.7 Å². The monoisotopic (exact) mass is 636 g/mol. The number of rotatable bonds is 13. The van der Waals surface area contributed by atoms with Crippen LogP contribution in [0, 0.1) is 58.7 Å². The third-order valence-electron chi connectivity index (χ3n) is 13.9. The number of piperidine rings is 1. The summed E-state index contributed by atoms with van der Waals surface area (Å²) in [5.74, 6) is 4.19. The summed E-state index contributed by atoms with van der Waals surface area (Å²) < 4.78 is 5.82. The molecule has 1 N–H and O–H groups in total. The number of likely N-dealkylation sites (tertiary alicyclic amines) is 1. The molecule has 244 valence electrons. The minimum Gasteiger partial charge on any atom is -0.455 e. The maximum absolute atomic E-state index is 14.1. The van der Waals surface area contributed by atoms with Gasteiger partial charge >= 0.3 is 5.97 Å². The van der Waals surface area contributed by atoms with E-state index in [0.29, 0.717) is 40.3 Å². The van der Waals surface area contributed by atoms with Crippen molar-refractivity contribution < 1.29 is 23.9 Å². The number of nitrogens with zero attached hydrogens (tertiary/aromatic N) is 3. The smallest absolute Gasteiger partial charge is 0.303 e. The molecule has 9 nitrogen and oxygen atoms in total. The molecule has 1 saturated heterocycles. The Kier molecular flexibility index (Phi) is 6.73. The molecule has 45 heavy (non-hydrogen) atoms. The maximum atomic E-state index is 14.1. The molecule has 0 bridgehead atoms. The van der Waals surface area contributed by atoms with E-state index in [1.54, 1.807) is 10.3 Å². The number of ether oxygens (including phenoxy) is 1. The number of likely N-dealkylation sites (N-methyl/N-ethyl adjacent to an activating group) is 1. The Labute approximate surface area is 270 Å². The van der Waals surface area contributed by atoms with Crippen LogP contribution in [0.5, 0.6) is 0 Å². The fraction of sp³-hybridized carbons (Fsp3) is 0.800. The second-order valence-electron chi connectivity index (χ2n) is 16.2. The van der Waals surface area contributed by atoms with Crippen molar-refractivity contribution >= 4 is 34.9 Å². The number of hydrogen-bond acceptors (Lipinski definition) is 8. The van der Waals surface area contributed by atoms with Gasteiger partial charge in [0.2, 0.25) is 5.91 Å². The van der Waals surface area contributed by atoms with E-state index < -0.39 is 12.1 Å². The van der Waals surface area contributed by atoms with Crippen molar-refractivity contribution in [3.05, 3.63) is 16.1 Å². The second-order valence-corrected chi connectivity index (χ2v) is 17.1. The molecule has 1 aromatic rings. The fourth-order valence-corrected chi connectivity index (χ4v) is 12.7. The zero-order valence-corrected chi connectivity index (χ0v) is 28.3. The number of carbonyl (C=O) groups excluding carboxylic acids is 4. The van der Waals surface area contributed by atoms with Gasteiger partial charge in [0.15, 0.2) is 11.9 Å². The summed E-state index contributed by atoms with van der Waals surface area (Å²) in [5, 5.41) is 5.77. The molecule has 0 aromatic carbocycles. The number of Topliss-reactive ketones (excluding diaryl/α,β-unsaturated/α-hetero) is 1. The van der Waals surface area contributed by atoms with Crippen LogP contribution in [-0.2, 0) is 19.1 Å². The Hall–Kier alpha value is -2.33. The van der Waals surface area contributed by atoms with E-state index in [9.17, 15) is 19.2 Å². The standard InChI is InChI=1S/C35H48N4O5S/c1-16(2)22(39(6)33(43)19(18-10-11-18)13-23(41)21-9-7-8-12-38(21)5)14-24(44-17(3)40)32-36-20(15-45-32)31(42)37-35-28-25-29(35)27-30(35)26(28)34(25,27)4/h15-16,18-19,21-22,24-30H,7-14H2,1-6H3,(H,37,42)/t19-,21+,22+,24+,25?,26?,27?,28?,29?,30?,34?,35?/m0/s1. The van der Waals surface area contributed by atoms with Crippen LogP contribution < -0.4 is 5.32 Å². The highest BCUT2D eigenvalue weighted by molar-refractivity contribution is 7.09. The van der Waals surface area contributed by atoms with Gasteiger partial charge in [0.05, 0.1) is 11.6 Å². The van der Waals surface area contributed by atoms with Crippen LogP contribution in [-0.4, -0.2) is 76.6 Å². The van der Waals surface area contributed by atoms with Crippen LogP contribution in [0.4, 0.5) is 0 Å². The summed E-state index contributed by atoms with van der Waals surface area (Å²) in [4.78, 5) is 61.8. The predicted octanol–water partition coefficient (Wildman–Crippen LogP) is 4.33. The molecule has 0 unspecified atom stereocenters. The number of nitrogens with one attached hydrogen (secondary N) is 1. The molecule has 0 radical (unpaired) electrons. The average molecular weight is 637 g/mol. The lowest BCUT2D eigenvalue weighted by Gasteiger charge is -3.11. The third-order valence-corrected chi connectivity index (χ3v) is 14.9. The molecule has 7 saturated carbocycles. The first-order chi connectivity index (χ1) is 21.4. The van der Waals surface area contributed by atoms with E-state index in [0.717, 1.165) is 56.4 Å². The molecule has 2 heterocycles. The second kappa shape index (κ2) is 10.1. The first kappa shape index (κ1) is 30.0. The Balaban J connectivity index is 0.945. The van der Waals surface area contributed by atoms with E-state index >= 15 is 0 Å². The van der Waals surface area contributed by atoms with Gasteiger partial charge in [-0.05, 0) is 92.0 Å². The molecule has 2 amide bonds. The zero-order chi connectivity index (χ0) is 31.7. The number of amides is 2. The molecule has 1 aromatic heterocycles. The highest BCUT2D eigenvalue weighted by Crippen LogP contribution is 3.06. The van der Waals surface area contributed by atoms with Crippen molar-refractivity contribution in [3.8, 4) is 0 Å². The van der Waals surface area contributed by atoms with E-state index in [1.165, 1.54) is 18.3 Å². The molecule has 10 heteroatoms. The Morgan fingerprint density at radius 3 is 2.33 bits per heavy atom. The Bertz CT molecular complexity index is 1400. The van der Waals surface area contributed by atoms with Gasteiger partial charge in [-0.1, -0.05) is 27.2 Å². The van der Waals surface area contributed by atoms with Crippen LogP contribution in [0.15, 0.2) is 5.38 Å². The SMILES string of the molecule is CC(=O)O[C@H](C[C@H](C(C)C)N(C)C(=O)[C@@H](CC(=O)[C@H]1CCCCN1C)C1CC1)c1nc(C(=O)NC23C4C5C2C2C3C4C52C)cs1. The largest absolute Gasteiger partial charge is 0.455 e. The van der Waals surface area contributed by atoms with Gasteiger partial charge in [-0.15, -0.1) is 11.3 Å². The number of thiazole rings is 1. The Morgan fingerprint density at radius 2 is 1.76 bits per heavy atom. The zero-order valence-electron chi connectivity index (χ0n) is 27.5. The van der Waals surface area contributed by atoms with E-state index in [2.05, 4.69) is 31.0 Å². The first-order valence-corrected chi connectivity index (χ1v) is 18.2. The number of carbonyl (C=O) groups is 4. The normalized spacial score (nSPS) is 39.9. The quantitative estimate of drug-likeness (QED) is 0.321. The summed E-state index contributed by atoms with van der Waals surface area (Å²) in [6.45, 7) is 8.89. The number of ketones is 1. The van der Waals surface area contributed by atoms with E-state index in [-0.39, 0.29) is 59.4 Å². The van der Waals surface area contributed by atoms with Crippen molar-refractivity contribution in [1.29, 1.82) is 0 Å². The molecule has 0 spiro atoms. The highest BCUT2D eigenvalue weighted by Gasteiger charge is 3.09. The lowest BCUT2D eigenvalue weighted by atomic mass is 8.94. The molecule has 4 atom stereocenters. The van der Waals surface area contributed by atoms with Gasteiger partial charge in [-0.25, -0.2) is 4.98 Å². The van der Waals surface area contributed by atoms with Gasteiger partial charge < -0.3 is 15.0 Å². The highest BCUT2D eigenvalue weighted by atomic mass is 32.1. The minimum absolute atomic E-state index is 0.00561. The summed E-state index contributed by atoms with van der Waals surface area (Å²) in [6.07, 6.45) is 5.00. The minimum atomic E-state index is -0.670. The van der Waals surface area contributed by atoms with Crippen molar-refractivity contribution in [2.45, 2.75) is 96.4 Å². The fourth-order valence-electron chi connectivity index (χ4n) is 11.8. The molecule has 8 aliphatic rings. The number of hydrogen-bond donors (Lipinski definition) is 1. The van der Waals surface area contributed by atoms with Crippen molar-refractivity contribution in [2.75, 3.05) is 20.6 Å². The van der Waals surface area contributed by atoms with Gasteiger partial charge in [0.25, 0.3) is 5.91 Å². The van der Waals surface area contributed by atoms with Crippen LogP contribution in [0.25, 0.3) is 0 Å². The van der Waals surface area contributed by atoms with Crippen molar-refractivity contribution in [3.63, 3.8) is 0 Å². The van der Waals surface area contributed by atoms with E-state index in [1.807, 2.05) is 14.1 Å².